The molecule has 160 valence electrons. The SMILES string of the molecule is Nc1ncc2c(n1)c(-c1cc(-c3cc4c(s3)CCC=C4)c3[nH]ncc3c1)cn2CCCO. The largest absolute Gasteiger partial charge is 0.396 e. The number of aromatic nitrogens is 5. The second kappa shape index (κ2) is 7.58. The summed E-state index contributed by atoms with van der Waals surface area (Å²) in [5.41, 5.74) is 13.2. The number of nitrogens with two attached hydrogens (primary N) is 1. The van der Waals surface area contributed by atoms with E-state index >= 15 is 0 Å². The van der Waals surface area contributed by atoms with Gasteiger partial charge >= 0.3 is 0 Å². The van der Waals surface area contributed by atoms with Gasteiger partial charge in [-0.05, 0) is 48.6 Å². The lowest BCUT2D eigenvalue weighted by Crippen LogP contribution is -2.00. The van der Waals surface area contributed by atoms with Crippen LogP contribution in [0.15, 0.2) is 42.9 Å². The molecule has 0 radical (unpaired) electrons. The predicted molar refractivity (Wildman–Crippen MR) is 129 cm³/mol. The number of hydrogen-bond donors (Lipinski definition) is 3. The van der Waals surface area contributed by atoms with Crippen molar-refractivity contribution in [2.24, 2.45) is 0 Å². The molecule has 7 nitrogen and oxygen atoms in total. The van der Waals surface area contributed by atoms with E-state index in [-0.39, 0.29) is 12.6 Å². The van der Waals surface area contributed by atoms with Crippen LogP contribution in [0.5, 0.6) is 0 Å². The molecule has 0 saturated heterocycles. The van der Waals surface area contributed by atoms with Gasteiger partial charge in [-0.2, -0.15) is 5.10 Å². The molecular formula is C24H22N6OS. The number of anilines is 1. The van der Waals surface area contributed by atoms with E-state index in [1.165, 1.54) is 15.3 Å². The molecule has 0 bridgehead atoms. The van der Waals surface area contributed by atoms with Crippen LogP contribution in [-0.2, 0) is 13.0 Å². The Labute approximate surface area is 188 Å². The predicted octanol–water partition coefficient (Wildman–Crippen LogP) is 4.63. The minimum Gasteiger partial charge on any atom is -0.396 e. The van der Waals surface area contributed by atoms with E-state index < -0.39 is 0 Å². The Balaban J connectivity index is 1.56. The minimum absolute atomic E-state index is 0.132. The van der Waals surface area contributed by atoms with Crippen molar-refractivity contribution >= 4 is 45.3 Å². The number of H-pyrrole nitrogens is 1. The summed E-state index contributed by atoms with van der Waals surface area (Å²) in [6, 6.07) is 6.63. The fourth-order valence-electron chi connectivity index (χ4n) is 4.47. The number of aliphatic hydroxyl groups is 1. The number of hydrogen-bond acceptors (Lipinski definition) is 6. The fourth-order valence-corrected chi connectivity index (χ4v) is 5.65. The summed E-state index contributed by atoms with van der Waals surface area (Å²) in [6.07, 6.45) is 13.0. The number of nitrogens with one attached hydrogen (secondary N) is 1. The summed E-state index contributed by atoms with van der Waals surface area (Å²) in [4.78, 5) is 11.4. The number of fused-ring (bicyclic) bond motifs is 3. The van der Waals surface area contributed by atoms with Crippen molar-refractivity contribution in [1.29, 1.82) is 0 Å². The second-order valence-corrected chi connectivity index (χ2v) is 9.20. The third-order valence-electron chi connectivity index (χ3n) is 6.00. The molecule has 4 aromatic heterocycles. The number of rotatable bonds is 5. The van der Waals surface area contributed by atoms with Gasteiger partial charge in [0.05, 0.1) is 23.4 Å². The normalized spacial score (nSPS) is 13.3. The summed E-state index contributed by atoms with van der Waals surface area (Å²) >= 11 is 1.86. The zero-order valence-corrected chi connectivity index (χ0v) is 18.2. The number of aliphatic hydroxyl groups excluding tert-OH is 1. The van der Waals surface area contributed by atoms with E-state index in [0.717, 1.165) is 51.5 Å². The molecule has 0 atom stereocenters. The Morgan fingerprint density at radius 1 is 1.19 bits per heavy atom. The molecule has 6 rings (SSSR count). The number of nitrogen functional groups attached to an aromatic ring is 1. The standard InChI is InChI=1S/C24H22N6OS/c25-24-26-12-19-23(28-24)18(13-30(19)6-3-7-31)15-8-16-11-27-29-22(16)17(9-15)21-10-14-4-1-2-5-20(14)32-21/h1,4,8-13,31H,2-3,5-7H2,(H,27,29)(H2,25,26,28). The lowest BCUT2D eigenvalue weighted by atomic mass is 10.00. The number of thiophene rings is 1. The van der Waals surface area contributed by atoms with Gasteiger partial charge < -0.3 is 15.4 Å². The summed E-state index contributed by atoms with van der Waals surface area (Å²) in [5.74, 6) is 0.251. The monoisotopic (exact) mass is 442 g/mol. The Kier molecular flexibility index (Phi) is 4.55. The summed E-state index contributed by atoms with van der Waals surface area (Å²) in [5, 5.41) is 17.9. The highest BCUT2D eigenvalue weighted by molar-refractivity contribution is 7.15. The van der Waals surface area contributed by atoms with Crippen molar-refractivity contribution < 1.29 is 5.11 Å². The van der Waals surface area contributed by atoms with Gasteiger partial charge in [-0.1, -0.05) is 12.2 Å². The molecule has 5 aromatic rings. The lowest BCUT2D eigenvalue weighted by Gasteiger charge is -2.06. The van der Waals surface area contributed by atoms with Crippen LogP contribution in [0.4, 0.5) is 5.95 Å². The molecule has 4 heterocycles. The van der Waals surface area contributed by atoms with Crippen molar-refractivity contribution in [3.05, 3.63) is 53.3 Å². The van der Waals surface area contributed by atoms with Crippen LogP contribution in [0.1, 0.15) is 23.3 Å². The molecule has 32 heavy (non-hydrogen) atoms. The average molecular weight is 443 g/mol. The van der Waals surface area contributed by atoms with E-state index in [4.69, 9.17) is 5.73 Å². The van der Waals surface area contributed by atoms with Crippen LogP contribution in [0.3, 0.4) is 0 Å². The van der Waals surface area contributed by atoms with Crippen molar-refractivity contribution in [3.63, 3.8) is 0 Å². The lowest BCUT2D eigenvalue weighted by molar-refractivity contribution is 0.280. The molecule has 4 N–H and O–H groups in total. The molecule has 0 unspecified atom stereocenters. The molecule has 0 amide bonds. The van der Waals surface area contributed by atoms with Crippen LogP contribution >= 0.6 is 11.3 Å². The van der Waals surface area contributed by atoms with E-state index in [2.05, 4.69) is 61.3 Å². The molecule has 0 fully saturated rings. The number of benzene rings is 1. The van der Waals surface area contributed by atoms with Gasteiger partial charge in [-0.15, -0.1) is 11.3 Å². The van der Waals surface area contributed by atoms with Crippen molar-refractivity contribution in [1.82, 2.24) is 24.7 Å². The van der Waals surface area contributed by atoms with Gasteiger partial charge in [-0.3, -0.25) is 5.10 Å². The zero-order chi connectivity index (χ0) is 21.7. The van der Waals surface area contributed by atoms with Crippen LogP contribution in [0.25, 0.3) is 49.6 Å². The fraction of sp³-hybridized carbons (Fsp3) is 0.208. The topological polar surface area (TPSA) is 106 Å². The zero-order valence-electron chi connectivity index (χ0n) is 17.4. The summed E-state index contributed by atoms with van der Waals surface area (Å²) in [7, 11) is 0. The van der Waals surface area contributed by atoms with Crippen LogP contribution in [0.2, 0.25) is 0 Å². The van der Waals surface area contributed by atoms with Crippen molar-refractivity contribution in [2.45, 2.75) is 25.8 Å². The first-order valence-corrected chi connectivity index (χ1v) is 11.5. The Bertz CT molecular complexity index is 1490. The Hall–Kier alpha value is -3.49. The first kappa shape index (κ1) is 19.2. The first-order chi connectivity index (χ1) is 15.7. The highest BCUT2D eigenvalue weighted by atomic mass is 32.1. The van der Waals surface area contributed by atoms with Gasteiger partial charge in [0, 0.05) is 45.6 Å². The quantitative estimate of drug-likeness (QED) is 0.368. The average Bonchev–Trinajstić information content (AvgIpc) is 3.53. The minimum atomic E-state index is 0.132. The molecule has 0 saturated carbocycles. The summed E-state index contributed by atoms with van der Waals surface area (Å²) in [6.45, 7) is 0.818. The van der Waals surface area contributed by atoms with Gasteiger partial charge in [0.2, 0.25) is 5.95 Å². The molecular weight excluding hydrogens is 420 g/mol. The second-order valence-electron chi connectivity index (χ2n) is 8.06. The van der Waals surface area contributed by atoms with Gasteiger partial charge in [0.25, 0.3) is 0 Å². The van der Waals surface area contributed by atoms with Crippen LogP contribution in [-0.4, -0.2) is 36.4 Å². The van der Waals surface area contributed by atoms with Crippen LogP contribution in [0, 0.1) is 0 Å². The molecule has 0 spiro atoms. The number of allylic oxidation sites excluding steroid dienone is 1. The molecule has 8 heteroatoms. The third kappa shape index (κ3) is 3.11. The van der Waals surface area contributed by atoms with E-state index in [0.29, 0.717) is 13.0 Å². The molecule has 0 aliphatic heterocycles. The highest BCUT2D eigenvalue weighted by Crippen LogP contribution is 2.41. The van der Waals surface area contributed by atoms with E-state index in [1.807, 2.05) is 17.5 Å². The van der Waals surface area contributed by atoms with Gasteiger partial charge in [0.15, 0.2) is 0 Å². The smallest absolute Gasteiger partial charge is 0.220 e. The van der Waals surface area contributed by atoms with E-state index in [9.17, 15) is 5.11 Å². The van der Waals surface area contributed by atoms with E-state index in [1.54, 1.807) is 6.20 Å². The number of nitrogens with zero attached hydrogens (tertiary/aromatic N) is 4. The molecule has 1 aromatic carbocycles. The van der Waals surface area contributed by atoms with Gasteiger partial charge in [-0.25, -0.2) is 9.97 Å². The van der Waals surface area contributed by atoms with Crippen molar-refractivity contribution in [2.75, 3.05) is 12.3 Å². The highest BCUT2D eigenvalue weighted by Gasteiger charge is 2.18. The number of aryl methyl sites for hydroxylation is 2. The Morgan fingerprint density at radius 3 is 3.00 bits per heavy atom. The maximum absolute atomic E-state index is 9.32. The van der Waals surface area contributed by atoms with Crippen LogP contribution < -0.4 is 5.73 Å². The maximum atomic E-state index is 9.32. The molecule has 1 aliphatic rings. The molecule has 1 aliphatic carbocycles. The third-order valence-corrected chi connectivity index (χ3v) is 7.24. The first-order valence-electron chi connectivity index (χ1n) is 10.7. The van der Waals surface area contributed by atoms with Crippen molar-refractivity contribution in [3.8, 4) is 21.6 Å². The summed E-state index contributed by atoms with van der Waals surface area (Å²) < 4.78 is 2.09. The maximum Gasteiger partial charge on any atom is 0.220 e. The van der Waals surface area contributed by atoms with Gasteiger partial charge in [0.1, 0.15) is 5.52 Å². The Morgan fingerprint density at radius 2 is 2.12 bits per heavy atom. The number of aromatic amines is 1.